The van der Waals surface area contributed by atoms with Gasteiger partial charge in [0.15, 0.2) is 0 Å². The minimum Gasteiger partial charge on any atom is -0.397 e. The molecule has 0 aliphatic carbocycles. The summed E-state index contributed by atoms with van der Waals surface area (Å²) in [4.78, 5) is 5.65. The minimum absolute atomic E-state index is 0.735. The largest absolute Gasteiger partial charge is 0.397 e. The SMILES string of the molecule is Cc1ccc(N)c(Sc2ccccc2C)n1. The number of rotatable bonds is 2. The van der Waals surface area contributed by atoms with Crippen molar-refractivity contribution in [2.24, 2.45) is 0 Å². The maximum Gasteiger partial charge on any atom is 0.124 e. The van der Waals surface area contributed by atoms with Crippen LogP contribution < -0.4 is 5.73 Å². The van der Waals surface area contributed by atoms with Crippen LogP contribution in [0.4, 0.5) is 5.69 Å². The fourth-order valence-corrected chi connectivity index (χ4v) is 2.36. The molecule has 2 rings (SSSR count). The molecule has 0 saturated carbocycles. The number of aromatic nitrogens is 1. The third-order valence-corrected chi connectivity index (χ3v) is 3.53. The van der Waals surface area contributed by atoms with Crippen LogP contribution in [0.15, 0.2) is 46.3 Å². The van der Waals surface area contributed by atoms with E-state index in [-0.39, 0.29) is 0 Å². The molecule has 0 aliphatic heterocycles. The van der Waals surface area contributed by atoms with Crippen molar-refractivity contribution < 1.29 is 0 Å². The van der Waals surface area contributed by atoms with E-state index >= 15 is 0 Å². The second-order valence-corrected chi connectivity index (χ2v) is 4.75. The third-order valence-electron chi connectivity index (χ3n) is 2.33. The highest BCUT2D eigenvalue weighted by atomic mass is 32.2. The van der Waals surface area contributed by atoms with E-state index in [2.05, 4.69) is 24.0 Å². The number of nitrogen functional groups attached to an aromatic ring is 1. The van der Waals surface area contributed by atoms with Gasteiger partial charge in [0.05, 0.1) is 5.69 Å². The van der Waals surface area contributed by atoms with Crippen molar-refractivity contribution in [1.82, 2.24) is 4.98 Å². The lowest BCUT2D eigenvalue weighted by molar-refractivity contribution is 1.07. The quantitative estimate of drug-likeness (QED) is 0.859. The summed E-state index contributed by atoms with van der Waals surface area (Å²) in [6.45, 7) is 4.07. The summed E-state index contributed by atoms with van der Waals surface area (Å²) in [6, 6.07) is 12.1. The Balaban J connectivity index is 2.34. The van der Waals surface area contributed by atoms with Crippen LogP contribution in [-0.2, 0) is 0 Å². The van der Waals surface area contributed by atoms with E-state index in [1.165, 1.54) is 10.5 Å². The van der Waals surface area contributed by atoms with Crippen molar-refractivity contribution in [3.8, 4) is 0 Å². The van der Waals surface area contributed by atoms with Crippen molar-refractivity contribution in [2.45, 2.75) is 23.8 Å². The van der Waals surface area contributed by atoms with Gasteiger partial charge in [-0.2, -0.15) is 0 Å². The van der Waals surface area contributed by atoms with Gasteiger partial charge in [0.1, 0.15) is 5.03 Å². The highest BCUT2D eigenvalue weighted by Crippen LogP contribution is 2.32. The van der Waals surface area contributed by atoms with Gasteiger partial charge in [0.25, 0.3) is 0 Å². The molecule has 2 nitrogen and oxygen atoms in total. The molecule has 0 saturated heterocycles. The van der Waals surface area contributed by atoms with Gasteiger partial charge in [-0.05, 0) is 37.6 Å². The van der Waals surface area contributed by atoms with E-state index in [0.29, 0.717) is 0 Å². The Morgan fingerprint density at radius 3 is 2.56 bits per heavy atom. The van der Waals surface area contributed by atoms with Crippen LogP contribution in [0.1, 0.15) is 11.3 Å². The van der Waals surface area contributed by atoms with Crippen LogP contribution in [0.3, 0.4) is 0 Å². The van der Waals surface area contributed by atoms with Crippen molar-refractivity contribution in [3.05, 3.63) is 47.7 Å². The molecule has 0 aliphatic rings. The standard InChI is InChI=1S/C13H14N2S/c1-9-5-3-4-6-12(9)16-13-11(14)8-7-10(2)15-13/h3-8H,14H2,1-2H3. The Kier molecular flexibility index (Phi) is 3.15. The average molecular weight is 230 g/mol. The summed E-state index contributed by atoms with van der Waals surface area (Å²) in [5.74, 6) is 0. The summed E-state index contributed by atoms with van der Waals surface area (Å²) < 4.78 is 0. The molecule has 0 amide bonds. The second kappa shape index (κ2) is 4.58. The molecule has 1 aromatic carbocycles. The van der Waals surface area contributed by atoms with E-state index in [1.54, 1.807) is 11.8 Å². The van der Waals surface area contributed by atoms with Crippen LogP contribution in [0.25, 0.3) is 0 Å². The van der Waals surface area contributed by atoms with Crippen molar-refractivity contribution >= 4 is 17.4 Å². The van der Waals surface area contributed by atoms with Crippen molar-refractivity contribution in [1.29, 1.82) is 0 Å². The first kappa shape index (κ1) is 11.0. The van der Waals surface area contributed by atoms with E-state index in [0.717, 1.165) is 16.4 Å². The number of aryl methyl sites for hydroxylation is 2. The van der Waals surface area contributed by atoms with Gasteiger partial charge in [0.2, 0.25) is 0 Å². The van der Waals surface area contributed by atoms with E-state index in [9.17, 15) is 0 Å². The van der Waals surface area contributed by atoms with Crippen LogP contribution >= 0.6 is 11.8 Å². The molecular formula is C13H14N2S. The van der Waals surface area contributed by atoms with Gasteiger partial charge in [-0.1, -0.05) is 30.0 Å². The first-order valence-electron chi connectivity index (χ1n) is 5.13. The molecule has 82 valence electrons. The molecule has 0 radical (unpaired) electrons. The zero-order valence-corrected chi connectivity index (χ0v) is 10.2. The summed E-state index contributed by atoms with van der Waals surface area (Å²) >= 11 is 1.62. The molecule has 2 N–H and O–H groups in total. The molecule has 1 aromatic heterocycles. The van der Waals surface area contributed by atoms with Gasteiger partial charge in [-0.15, -0.1) is 0 Å². The van der Waals surface area contributed by atoms with E-state index in [4.69, 9.17) is 5.73 Å². The zero-order chi connectivity index (χ0) is 11.5. The number of anilines is 1. The number of hydrogen-bond acceptors (Lipinski definition) is 3. The molecule has 0 atom stereocenters. The normalized spacial score (nSPS) is 10.4. The number of hydrogen-bond donors (Lipinski definition) is 1. The van der Waals surface area contributed by atoms with E-state index < -0.39 is 0 Å². The van der Waals surface area contributed by atoms with Gasteiger partial charge < -0.3 is 5.73 Å². The summed E-state index contributed by atoms with van der Waals surface area (Å²) in [5.41, 5.74) is 8.88. The summed E-state index contributed by atoms with van der Waals surface area (Å²) in [7, 11) is 0. The molecule has 0 fully saturated rings. The highest BCUT2D eigenvalue weighted by molar-refractivity contribution is 7.99. The Bertz CT molecular complexity index is 509. The van der Waals surface area contributed by atoms with Crippen LogP contribution in [0, 0.1) is 13.8 Å². The fourth-order valence-electron chi connectivity index (χ4n) is 1.40. The van der Waals surface area contributed by atoms with E-state index in [1.807, 2.05) is 31.2 Å². The third kappa shape index (κ3) is 2.36. The lowest BCUT2D eigenvalue weighted by Gasteiger charge is -2.07. The maximum atomic E-state index is 5.90. The molecule has 16 heavy (non-hydrogen) atoms. The Morgan fingerprint density at radius 1 is 1.06 bits per heavy atom. The maximum absolute atomic E-state index is 5.90. The highest BCUT2D eigenvalue weighted by Gasteiger charge is 2.05. The van der Waals surface area contributed by atoms with Gasteiger partial charge in [-0.3, -0.25) is 0 Å². The van der Waals surface area contributed by atoms with Crippen LogP contribution in [-0.4, -0.2) is 4.98 Å². The summed E-state index contributed by atoms with van der Waals surface area (Å²) in [5, 5.41) is 0.884. The number of nitrogens with zero attached hydrogens (tertiary/aromatic N) is 1. The predicted molar refractivity (Wildman–Crippen MR) is 68.7 cm³/mol. The Morgan fingerprint density at radius 2 is 1.81 bits per heavy atom. The molecule has 1 heterocycles. The number of pyridine rings is 1. The molecule has 0 bridgehead atoms. The number of benzene rings is 1. The van der Waals surface area contributed by atoms with Gasteiger partial charge in [-0.25, -0.2) is 4.98 Å². The molecule has 2 aromatic rings. The topological polar surface area (TPSA) is 38.9 Å². The van der Waals surface area contributed by atoms with Gasteiger partial charge >= 0.3 is 0 Å². The van der Waals surface area contributed by atoms with Crippen molar-refractivity contribution in [2.75, 3.05) is 5.73 Å². The first-order valence-corrected chi connectivity index (χ1v) is 5.95. The predicted octanol–water partition coefficient (Wildman–Crippen LogP) is 3.43. The lowest BCUT2D eigenvalue weighted by atomic mass is 10.2. The Hall–Kier alpha value is -1.48. The molecule has 0 spiro atoms. The first-order chi connectivity index (χ1) is 7.66. The second-order valence-electron chi connectivity index (χ2n) is 3.71. The number of nitrogens with two attached hydrogens (primary N) is 1. The van der Waals surface area contributed by atoms with Crippen LogP contribution in [0.5, 0.6) is 0 Å². The summed E-state index contributed by atoms with van der Waals surface area (Å²) in [6.07, 6.45) is 0. The fraction of sp³-hybridized carbons (Fsp3) is 0.154. The Labute approximate surface area is 99.9 Å². The molecule has 3 heteroatoms. The van der Waals surface area contributed by atoms with Crippen molar-refractivity contribution in [3.63, 3.8) is 0 Å². The van der Waals surface area contributed by atoms with Crippen LogP contribution in [0.2, 0.25) is 0 Å². The van der Waals surface area contributed by atoms with Gasteiger partial charge in [0, 0.05) is 10.6 Å². The smallest absolute Gasteiger partial charge is 0.124 e. The minimum atomic E-state index is 0.735. The monoisotopic (exact) mass is 230 g/mol. The molecule has 0 unspecified atom stereocenters. The zero-order valence-electron chi connectivity index (χ0n) is 9.40. The molecular weight excluding hydrogens is 216 g/mol. The average Bonchev–Trinajstić information content (AvgIpc) is 2.27. The lowest BCUT2D eigenvalue weighted by Crippen LogP contribution is -1.93.